The molecule has 2 heterocycles. The summed E-state index contributed by atoms with van der Waals surface area (Å²) in [7, 11) is 0. The summed E-state index contributed by atoms with van der Waals surface area (Å²) in [5, 5.41) is 2.67. The molecular formula is C14H12BrFN2O3. The highest BCUT2D eigenvalue weighted by Gasteiger charge is 2.39. The number of fused-ring (bicyclic) bond motifs is 1. The van der Waals surface area contributed by atoms with E-state index in [0.717, 1.165) is 5.56 Å². The first kappa shape index (κ1) is 14.2. The number of carbonyl (C=O) groups is 3. The number of carbonyl (C=O) groups excluding carboxylic acids is 3. The zero-order valence-corrected chi connectivity index (χ0v) is 12.6. The van der Waals surface area contributed by atoms with E-state index in [2.05, 4.69) is 21.2 Å². The van der Waals surface area contributed by atoms with Crippen molar-refractivity contribution in [3.63, 3.8) is 0 Å². The van der Waals surface area contributed by atoms with Gasteiger partial charge in [-0.25, -0.2) is 4.39 Å². The lowest BCUT2D eigenvalue weighted by molar-refractivity contribution is -0.136. The lowest BCUT2D eigenvalue weighted by Gasteiger charge is -2.29. The van der Waals surface area contributed by atoms with E-state index in [1.165, 1.54) is 17.0 Å². The van der Waals surface area contributed by atoms with Crippen LogP contribution >= 0.6 is 15.9 Å². The van der Waals surface area contributed by atoms with Crippen molar-refractivity contribution >= 4 is 33.7 Å². The van der Waals surface area contributed by atoms with Crippen LogP contribution in [0.4, 0.5) is 4.39 Å². The number of rotatable bonds is 2. The lowest BCUT2D eigenvalue weighted by Crippen LogP contribution is -2.52. The molecule has 110 valence electrons. The van der Waals surface area contributed by atoms with Crippen molar-refractivity contribution in [2.75, 3.05) is 0 Å². The third-order valence-corrected chi connectivity index (χ3v) is 4.46. The third kappa shape index (κ3) is 2.35. The predicted molar refractivity (Wildman–Crippen MR) is 75.1 cm³/mol. The number of amides is 3. The van der Waals surface area contributed by atoms with E-state index in [0.29, 0.717) is 22.9 Å². The fourth-order valence-corrected chi connectivity index (χ4v) is 3.32. The second-order valence-corrected chi connectivity index (χ2v) is 5.69. The highest BCUT2D eigenvalue weighted by molar-refractivity contribution is 9.08. The lowest BCUT2D eigenvalue weighted by atomic mass is 10.0. The van der Waals surface area contributed by atoms with Crippen LogP contribution in [0.25, 0.3) is 0 Å². The molecule has 2 aliphatic heterocycles. The minimum absolute atomic E-state index is 0.205. The number of hydrogen-bond acceptors (Lipinski definition) is 3. The van der Waals surface area contributed by atoms with Crippen LogP contribution in [0.15, 0.2) is 12.1 Å². The molecule has 0 aliphatic carbocycles. The monoisotopic (exact) mass is 354 g/mol. The molecule has 1 saturated heterocycles. The van der Waals surface area contributed by atoms with E-state index >= 15 is 0 Å². The molecule has 2 aliphatic rings. The summed E-state index contributed by atoms with van der Waals surface area (Å²) in [6, 6.07) is 1.92. The van der Waals surface area contributed by atoms with E-state index in [9.17, 15) is 18.8 Å². The summed E-state index contributed by atoms with van der Waals surface area (Å²) in [5.41, 5.74) is 1.74. The minimum atomic E-state index is -0.672. The predicted octanol–water partition coefficient (Wildman–Crippen LogP) is 1.48. The summed E-state index contributed by atoms with van der Waals surface area (Å²) in [6.45, 7) is 0.266. The standard InChI is InChI=1S/C14H12BrFN2O3/c15-5-7-3-8(16)4-9-10(7)6-18(14(9)21)11-1-2-12(19)17-13(11)20/h3-4,11H,1-2,5-6H2,(H,17,19,20). The summed E-state index contributed by atoms with van der Waals surface area (Å²) in [6.07, 6.45) is 0.507. The molecule has 21 heavy (non-hydrogen) atoms. The average molecular weight is 355 g/mol. The Morgan fingerprint density at radius 1 is 1.33 bits per heavy atom. The topological polar surface area (TPSA) is 66.5 Å². The van der Waals surface area contributed by atoms with Crippen LogP contribution in [-0.2, 0) is 21.5 Å². The molecule has 3 rings (SSSR count). The second-order valence-electron chi connectivity index (χ2n) is 5.12. The molecule has 7 heteroatoms. The quantitative estimate of drug-likeness (QED) is 0.646. The molecule has 1 fully saturated rings. The fraction of sp³-hybridized carbons (Fsp3) is 0.357. The largest absolute Gasteiger partial charge is 0.322 e. The first-order chi connectivity index (χ1) is 10.0. The molecule has 0 spiro atoms. The Kier molecular flexibility index (Phi) is 3.52. The maximum Gasteiger partial charge on any atom is 0.255 e. The number of hydrogen-bond donors (Lipinski definition) is 1. The van der Waals surface area contributed by atoms with Gasteiger partial charge in [0.2, 0.25) is 11.8 Å². The van der Waals surface area contributed by atoms with Gasteiger partial charge in [-0.2, -0.15) is 0 Å². The van der Waals surface area contributed by atoms with Crippen molar-refractivity contribution in [2.45, 2.75) is 30.8 Å². The van der Waals surface area contributed by atoms with Crippen LogP contribution < -0.4 is 5.32 Å². The molecule has 0 aromatic heterocycles. The van der Waals surface area contributed by atoms with Crippen LogP contribution in [0.2, 0.25) is 0 Å². The zero-order valence-electron chi connectivity index (χ0n) is 11.0. The summed E-state index contributed by atoms with van der Waals surface area (Å²) < 4.78 is 13.6. The Hall–Kier alpha value is -1.76. The van der Waals surface area contributed by atoms with Crippen LogP contribution in [0.5, 0.6) is 0 Å². The van der Waals surface area contributed by atoms with Gasteiger partial charge in [0.05, 0.1) is 0 Å². The fourth-order valence-electron chi connectivity index (χ4n) is 2.82. The Morgan fingerprint density at radius 2 is 2.10 bits per heavy atom. The van der Waals surface area contributed by atoms with E-state index < -0.39 is 17.8 Å². The molecule has 1 aromatic carbocycles. The highest BCUT2D eigenvalue weighted by atomic mass is 79.9. The molecule has 1 N–H and O–H groups in total. The molecule has 0 bridgehead atoms. The smallest absolute Gasteiger partial charge is 0.255 e. The van der Waals surface area contributed by atoms with Gasteiger partial charge in [0.15, 0.2) is 0 Å². The van der Waals surface area contributed by atoms with Gasteiger partial charge < -0.3 is 4.90 Å². The van der Waals surface area contributed by atoms with Crippen molar-refractivity contribution in [2.24, 2.45) is 0 Å². The molecule has 1 unspecified atom stereocenters. The van der Waals surface area contributed by atoms with Gasteiger partial charge in [-0.3, -0.25) is 19.7 Å². The number of halogens is 2. The molecule has 0 saturated carbocycles. The maximum absolute atomic E-state index is 13.6. The first-order valence-corrected chi connectivity index (χ1v) is 7.65. The molecular weight excluding hydrogens is 343 g/mol. The number of nitrogens with zero attached hydrogens (tertiary/aromatic N) is 1. The number of benzene rings is 1. The summed E-state index contributed by atoms with van der Waals surface area (Å²) >= 11 is 3.28. The summed E-state index contributed by atoms with van der Waals surface area (Å²) in [5.74, 6) is -1.62. The SMILES string of the molecule is O=C1CCC(N2Cc3c(CBr)cc(F)cc3C2=O)C(=O)N1. The Morgan fingerprint density at radius 3 is 2.76 bits per heavy atom. The van der Waals surface area contributed by atoms with Crippen molar-refractivity contribution in [3.05, 3.63) is 34.6 Å². The normalized spacial score (nSPS) is 21.5. The molecule has 3 amide bonds. The van der Waals surface area contributed by atoms with Crippen molar-refractivity contribution in [3.8, 4) is 0 Å². The van der Waals surface area contributed by atoms with Crippen LogP contribution in [0.1, 0.15) is 34.3 Å². The number of alkyl halides is 1. The van der Waals surface area contributed by atoms with Gasteiger partial charge in [-0.1, -0.05) is 15.9 Å². The van der Waals surface area contributed by atoms with Gasteiger partial charge in [0.1, 0.15) is 11.9 Å². The van der Waals surface area contributed by atoms with Crippen LogP contribution in [0.3, 0.4) is 0 Å². The molecule has 5 nitrogen and oxygen atoms in total. The Balaban J connectivity index is 1.93. The van der Waals surface area contributed by atoms with Crippen molar-refractivity contribution < 1.29 is 18.8 Å². The van der Waals surface area contributed by atoms with Gasteiger partial charge in [-0.05, 0) is 29.7 Å². The zero-order chi connectivity index (χ0) is 15.1. The molecule has 1 aromatic rings. The number of piperidine rings is 1. The Bertz CT molecular complexity index is 662. The van der Waals surface area contributed by atoms with E-state index in [1.807, 2.05) is 0 Å². The first-order valence-electron chi connectivity index (χ1n) is 6.53. The third-order valence-electron chi connectivity index (χ3n) is 3.86. The van der Waals surface area contributed by atoms with Crippen LogP contribution in [0, 0.1) is 5.82 Å². The number of nitrogens with one attached hydrogen (secondary N) is 1. The van der Waals surface area contributed by atoms with Crippen molar-refractivity contribution in [1.82, 2.24) is 10.2 Å². The van der Waals surface area contributed by atoms with Gasteiger partial charge in [-0.15, -0.1) is 0 Å². The minimum Gasteiger partial charge on any atom is -0.322 e. The van der Waals surface area contributed by atoms with E-state index in [-0.39, 0.29) is 24.8 Å². The van der Waals surface area contributed by atoms with Gasteiger partial charge >= 0.3 is 0 Å². The summed E-state index contributed by atoms with van der Waals surface area (Å²) in [4.78, 5) is 36.9. The Labute approximate surface area is 128 Å². The second kappa shape index (κ2) is 5.22. The van der Waals surface area contributed by atoms with Gasteiger partial charge in [0, 0.05) is 23.9 Å². The highest BCUT2D eigenvalue weighted by Crippen LogP contribution is 2.31. The maximum atomic E-state index is 13.6. The van der Waals surface area contributed by atoms with E-state index in [1.54, 1.807) is 0 Å². The van der Waals surface area contributed by atoms with Crippen LogP contribution in [-0.4, -0.2) is 28.7 Å². The average Bonchev–Trinajstić information content (AvgIpc) is 2.76. The molecule has 1 atom stereocenters. The van der Waals surface area contributed by atoms with Gasteiger partial charge in [0.25, 0.3) is 5.91 Å². The molecule has 0 radical (unpaired) electrons. The van der Waals surface area contributed by atoms with Crippen molar-refractivity contribution in [1.29, 1.82) is 0 Å². The number of imide groups is 1. The van der Waals surface area contributed by atoms with E-state index in [4.69, 9.17) is 0 Å².